The minimum atomic E-state index is -0.426. The average molecular weight is 371 g/mol. The van der Waals surface area contributed by atoms with Crippen molar-refractivity contribution < 1.29 is 19.4 Å². The van der Waals surface area contributed by atoms with Crippen LogP contribution in [0.4, 0.5) is 0 Å². The van der Waals surface area contributed by atoms with Crippen molar-refractivity contribution in [2.75, 3.05) is 20.3 Å². The molecule has 2 aromatic carbocycles. The molecule has 0 radical (unpaired) electrons. The molecular formula is C22H29NO4. The van der Waals surface area contributed by atoms with Crippen LogP contribution >= 0.6 is 0 Å². The second kappa shape index (κ2) is 10.6. The number of aliphatic hydroxyl groups is 1. The maximum absolute atomic E-state index is 12.2. The van der Waals surface area contributed by atoms with E-state index in [4.69, 9.17) is 9.47 Å². The van der Waals surface area contributed by atoms with Crippen LogP contribution in [-0.4, -0.2) is 37.4 Å². The zero-order valence-electron chi connectivity index (χ0n) is 16.3. The molecule has 2 rings (SSSR count). The van der Waals surface area contributed by atoms with E-state index in [-0.39, 0.29) is 24.9 Å². The summed E-state index contributed by atoms with van der Waals surface area (Å²) in [5.74, 6) is 1.30. The van der Waals surface area contributed by atoms with Gasteiger partial charge in [-0.05, 0) is 43.5 Å². The Kier molecular flexibility index (Phi) is 8.14. The Morgan fingerprint density at radius 1 is 1.15 bits per heavy atom. The van der Waals surface area contributed by atoms with Gasteiger partial charge in [-0.15, -0.1) is 0 Å². The maximum Gasteiger partial charge on any atom is 0.223 e. The van der Waals surface area contributed by atoms with E-state index in [0.29, 0.717) is 24.5 Å². The molecule has 0 aliphatic carbocycles. The third kappa shape index (κ3) is 6.94. The first kappa shape index (κ1) is 20.8. The number of nitrogens with one attached hydrogen (secondary N) is 1. The third-order valence-corrected chi connectivity index (χ3v) is 4.35. The summed E-state index contributed by atoms with van der Waals surface area (Å²) in [5.41, 5.74) is 2.20. The highest BCUT2D eigenvalue weighted by atomic mass is 16.5. The molecule has 0 aliphatic rings. The van der Waals surface area contributed by atoms with Gasteiger partial charge in [0.25, 0.3) is 0 Å². The molecular weight excluding hydrogens is 342 g/mol. The summed E-state index contributed by atoms with van der Waals surface area (Å²) in [7, 11) is 1.60. The van der Waals surface area contributed by atoms with E-state index in [9.17, 15) is 9.90 Å². The summed E-state index contributed by atoms with van der Waals surface area (Å²) in [6.07, 6.45) is 0.429. The molecule has 0 aromatic heterocycles. The summed E-state index contributed by atoms with van der Waals surface area (Å²) in [4.78, 5) is 12.2. The van der Waals surface area contributed by atoms with Crippen molar-refractivity contribution in [1.29, 1.82) is 0 Å². The number of rotatable bonds is 10. The molecule has 0 aliphatic heterocycles. The third-order valence-electron chi connectivity index (χ3n) is 4.35. The lowest BCUT2D eigenvalue weighted by Gasteiger charge is -2.19. The summed E-state index contributed by atoms with van der Waals surface area (Å²) in [6.45, 7) is 4.51. The zero-order valence-corrected chi connectivity index (χ0v) is 16.3. The van der Waals surface area contributed by atoms with Gasteiger partial charge in [0.15, 0.2) is 11.5 Å². The number of carbonyl (C=O) groups excluding carboxylic acids is 1. The van der Waals surface area contributed by atoms with Crippen molar-refractivity contribution in [3.05, 3.63) is 59.7 Å². The molecule has 0 bridgehead atoms. The molecule has 2 N–H and O–H groups in total. The van der Waals surface area contributed by atoms with Crippen LogP contribution in [-0.2, 0) is 4.79 Å². The molecule has 5 heteroatoms. The first-order chi connectivity index (χ1) is 13.0. The SMILES string of the molecule is COc1cc(C)ccc1OCCC(=O)NC[C@H](C[C@@H](C)O)c1ccccc1. The first-order valence-corrected chi connectivity index (χ1v) is 9.26. The molecule has 0 heterocycles. The Balaban J connectivity index is 1.82. The topological polar surface area (TPSA) is 67.8 Å². The Bertz CT molecular complexity index is 716. The van der Waals surface area contributed by atoms with Gasteiger partial charge in [0.1, 0.15) is 0 Å². The van der Waals surface area contributed by atoms with Crippen molar-refractivity contribution in [2.24, 2.45) is 0 Å². The van der Waals surface area contributed by atoms with Gasteiger partial charge in [-0.3, -0.25) is 4.79 Å². The van der Waals surface area contributed by atoms with Crippen LogP contribution < -0.4 is 14.8 Å². The van der Waals surface area contributed by atoms with Gasteiger partial charge in [-0.1, -0.05) is 36.4 Å². The number of methoxy groups -OCH3 is 1. The second-order valence-corrected chi connectivity index (χ2v) is 6.75. The minimum Gasteiger partial charge on any atom is -0.493 e. The number of amides is 1. The van der Waals surface area contributed by atoms with Gasteiger partial charge >= 0.3 is 0 Å². The molecule has 0 saturated carbocycles. The highest BCUT2D eigenvalue weighted by molar-refractivity contribution is 5.76. The number of hydrogen-bond donors (Lipinski definition) is 2. The number of aryl methyl sites for hydroxylation is 1. The average Bonchev–Trinajstić information content (AvgIpc) is 2.66. The van der Waals surface area contributed by atoms with Crippen LogP contribution in [0.5, 0.6) is 11.5 Å². The van der Waals surface area contributed by atoms with Crippen LogP contribution in [0.3, 0.4) is 0 Å². The van der Waals surface area contributed by atoms with Crippen molar-refractivity contribution in [1.82, 2.24) is 5.32 Å². The van der Waals surface area contributed by atoms with Crippen molar-refractivity contribution in [2.45, 2.75) is 38.7 Å². The first-order valence-electron chi connectivity index (χ1n) is 9.26. The van der Waals surface area contributed by atoms with E-state index < -0.39 is 6.10 Å². The molecule has 27 heavy (non-hydrogen) atoms. The molecule has 0 spiro atoms. The van der Waals surface area contributed by atoms with Gasteiger partial charge in [0, 0.05) is 12.5 Å². The summed E-state index contributed by atoms with van der Waals surface area (Å²) in [6, 6.07) is 15.6. The van der Waals surface area contributed by atoms with Gasteiger partial charge in [0.2, 0.25) is 5.91 Å². The lowest BCUT2D eigenvalue weighted by atomic mass is 9.93. The van der Waals surface area contributed by atoms with Crippen molar-refractivity contribution >= 4 is 5.91 Å². The van der Waals surface area contributed by atoms with Crippen LogP contribution in [0.25, 0.3) is 0 Å². The van der Waals surface area contributed by atoms with Gasteiger partial charge in [-0.2, -0.15) is 0 Å². The summed E-state index contributed by atoms with van der Waals surface area (Å²) < 4.78 is 11.0. The number of ether oxygens (including phenoxy) is 2. The minimum absolute atomic E-state index is 0.0763. The maximum atomic E-state index is 12.2. The summed E-state index contributed by atoms with van der Waals surface area (Å²) >= 11 is 0. The predicted octanol–water partition coefficient (Wildman–Crippen LogP) is 3.44. The molecule has 0 fully saturated rings. The number of hydrogen-bond acceptors (Lipinski definition) is 4. The standard InChI is InChI=1S/C22H29NO4/c1-16-9-10-20(21(13-16)26-3)27-12-11-22(25)23-15-19(14-17(2)24)18-7-5-4-6-8-18/h4-10,13,17,19,24H,11-12,14-15H2,1-3H3,(H,23,25)/t17-,19+/m1/s1. The Labute approximate surface area is 161 Å². The van der Waals surface area contributed by atoms with Crippen LogP contribution in [0, 0.1) is 6.92 Å². The molecule has 0 unspecified atom stereocenters. The quantitative estimate of drug-likeness (QED) is 0.671. The molecule has 146 valence electrons. The Hall–Kier alpha value is -2.53. The Morgan fingerprint density at radius 2 is 1.89 bits per heavy atom. The van der Waals surface area contributed by atoms with E-state index in [1.807, 2.05) is 55.5 Å². The highest BCUT2D eigenvalue weighted by Gasteiger charge is 2.15. The molecule has 1 amide bonds. The molecule has 5 nitrogen and oxygen atoms in total. The van der Waals surface area contributed by atoms with Crippen LogP contribution in [0.1, 0.15) is 36.8 Å². The second-order valence-electron chi connectivity index (χ2n) is 6.75. The number of carbonyl (C=O) groups is 1. The fourth-order valence-corrected chi connectivity index (χ4v) is 2.95. The largest absolute Gasteiger partial charge is 0.493 e. The monoisotopic (exact) mass is 371 g/mol. The van der Waals surface area contributed by atoms with Gasteiger partial charge < -0.3 is 19.9 Å². The van der Waals surface area contributed by atoms with E-state index in [1.54, 1.807) is 14.0 Å². The van der Waals surface area contributed by atoms with E-state index in [1.165, 1.54) is 0 Å². The van der Waals surface area contributed by atoms with Crippen LogP contribution in [0.2, 0.25) is 0 Å². The van der Waals surface area contributed by atoms with E-state index >= 15 is 0 Å². The molecule has 2 aromatic rings. The predicted molar refractivity (Wildman–Crippen MR) is 106 cm³/mol. The lowest BCUT2D eigenvalue weighted by Crippen LogP contribution is -2.30. The zero-order chi connectivity index (χ0) is 19.6. The van der Waals surface area contributed by atoms with E-state index in [2.05, 4.69) is 5.32 Å². The van der Waals surface area contributed by atoms with Crippen molar-refractivity contribution in [3.8, 4) is 11.5 Å². The Morgan fingerprint density at radius 3 is 2.56 bits per heavy atom. The molecule has 2 atom stereocenters. The van der Waals surface area contributed by atoms with Gasteiger partial charge in [-0.25, -0.2) is 0 Å². The fraction of sp³-hybridized carbons (Fsp3) is 0.409. The van der Waals surface area contributed by atoms with E-state index in [0.717, 1.165) is 11.1 Å². The van der Waals surface area contributed by atoms with Crippen molar-refractivity contribution in [3.63, 3.8) is 0 Å². The highest BCUT2D eigenvalue weighted by Crippen LogP contribution is 2.27. The molecule has 0 saturated heterocycles. The van der Waals surface area contributed by atoms with Crippen LogP contribution in [0.15, 0.2) is 48.5 Å². The summed E-state index contributed by atoms with van der Waals surface area (Å²) in [5, 5.41) is 12.7. The smallest absolute Gasteiger partial charge is 0.223 e. The fourth-order valence-electron chi connectivity index (χ4n) is 2.95. The normalized spacial score (nSPS) is 12.9. The number of benzene rings is 2. The lowest BCUT2D eigenvalue weighted by molar-refractivity contribution is -0.121. The number of aliphatic hydroxyl groups excluding tert-OH is 1. The van der Waals surface area contributed by atoms with Gasteiger partial charge in [0.05, 0.1) is 26.2 Å².